The highest BCUT2D eigenvalue weighted by molar-refractivity contribution is 9.10. The van der Waals surface area contributed by atoms with Gasteiger partial charge in [-0.3, -0.25) is 4.79 Å². The van der Waals surface area contributed by atoms with Gasteiger partial charge in [0.05, 0.1) is 16.7 Å². The summed E-state index contributed by atoms with van der Waals surface area (Å²) in [5, 5.41) is 3.31. The SMILES string of the molecule is CCS(=O)(=O)N1CCCC(C(=O)Nc2ccc(Br)c(Cl)c2)C1. The van der Waals surface area contributed by atoms with E-state index in [1.807, 2.05) is 0 Å². The Labute approximate surface area is 144 Å². The van der Waals surface area contributed by atoms with Gasteiger partial charge in [-0.2, -0.15) is 0 Å². The summed E-state index contributed by atoms with van der Waals surface area (Å²) in [5.74, 6) is -0.448. The van der Waals surface area contributed by atoms with E-state index in [0.29, 0.717) is 30.1 Å². The fraction of sp³-hybridized carbons (Fsp3) is 0.500. The molecule has 0 aliphatic carbocycles. The fourth-order valence-electron chi connectivity index (χ4n) is 2.41. The van der Waals surface area contributed by atoms with Crippen molar-refractivity contribution in [2.45, 2.75) is 19.8 Å². The van der Waals surface area contributed by atoms with Gasteiger partial charge in [-0.15, -0.1) is 0 Å². The normalized spacial score (nSPS) is 19.9. The number of sulfonamides is 1. The fourth-order valence-corrected chi connectivity index (χ4v) is 4.02. The molecule has 122 valence electrons. The van der Waals surface area contributed by atoms with Gasteiger partial charge in [-0.25, -0.2) is 12.7 Å². The van der Waals surface area contributed by atoms with Crippen molar-refractivity contribution in [2.24, 2.45) is 5.92 Å². The second-order valence-electron chi connectivity index (χ2n) is 5.22. The second kappa shape index (κ2) is 7.29. The van der Waals surface area contributed by atoms with Crippen molar-refractivity contribution in [3.63, 3.8) is 0 Å². The maximum atomic E-state index is 12.3. The van der Waals surface area contributed by atoms with E-state index in [0.717, 1.165) is 4.47 Å². The van der Waals surface area contributed by atoms with Crippen LogP contribution in [0, 0.1) is 5.92 Å². The molecule has 1 atom stereocenters. The maximum Gasteiger partial charge on any atom is 0.228 e. The Balaban J connectivity index is 2.04. The molecule has 1 aliphatic rings. The summed E-state index contributed by atoms with van der Waals surface area (Å²) in [5.41, 5.74) is 0.605. The van der Waals surface area contributed by atoms with Crippen molar-refractivity contribution >= 4 is 49.1 Å². The number of piperidine rings is 1. The molecule has 1 amide bonds. The van der Waals surface area contributed by atoms with Crippen molar-refractivity contribution in [3.05, 3.63) is 27.7 Å². The van der Waals surface area contributed by atoms with Gasteiger partial charge in [-0.1, -0.05) is 11.6 Å². The Bertz CT molecular complexity index is 666. The van der Waals surface area contributed by atoms with E-state index in [-0.39, 0.29) is 24.1 Å². The van der Waals surface area contributed by atoms with Crippen LogP contribution in [-0.4, -0.2) is 37.5 Å². The van der Waals surface area contributed by atoms with Crippen molar-refractivity contribution < 1.29 is 13.2 Å². The number of carbonyl (C=O) groups excluding carboxylic acids is 1. The quantitative estimate of drug-likeness (QED) is 0.831. The minimum absolute atomic E-state index is 0.0592. The molecule has 0 bridgehead atoms. The molecule has 1 unspecified atom stereocenters. The second-order valence-corrected chi connectivity index (χ2v) is 8.73. The van der Waals surface area contributed by atoms with E-state index < -0.39 is 10.0 Å². The van der Waals surface area contributed by atoms with Crippen LogP contribution in [0.2, 0.25) is 5.02 Å². The number of hydrogen-bond acceptors (Lipinski definition) is 3. The van der Waals surface area contributed by atoms with Crippen LogP contribution in [0.1, 0.15) is 19.8 Å². The third kappa shape index (κ3) is 4.22. The van der Waals surface area contributed by atoms with E-state index in [9.17, 15) is 13.2 Å². The topological polar surface area (TPSA) is 66.5 Å². The van der Waals surface area contributed by atoms with Gasteiger partial charge in [0.25, 0.3) is 0 Å². The van der Waals surface area contributed by atoms with Crippen molar-refractivity contribution in [2.75, 3.05) is 24.2 Å². The molecule has 1 aromatic rings. The van der Waals surface area contributed by atoms with Crippen LogP contribution in [0.15, 0.2) is 22.7 Å². The molecule has 0 spiro atoms. The zero-order valence-corrected chi connectivity index (χ0v) is 15.3. The number of nitrogens with one attached hydrogen (secondary N) is 1. The standard InChI is InChI=1S/C14H18BrClN2O3S/c1-2-22(20,21)18-7-3-4-10(9-18)14(19)17-11-5-6-12(15)13(16)8-11/h5-6,8,10H,2-4,7,9H2,1H3,(H,17,19). The minimum atomic E-state index is -3.25. The Morgan fingerprint density at radius 2 is 2.23 bits per heavy atom. The Morgan fingerprint density at radius 3 is 2.86 bits per heavy atom. The molecule has 1 aromatic carbocycles. The van der Waals surface area contributed by atoms with Crippen molar-refractivity contribution in [3.8, 4) is 0 Å². The highest BCUT2D eigenvalue weighted by atomic mass is 79.9. The van der Waals surface area contributed by atoms with Crippen LogP contribution in [-0.2, 0) is 14.8 Å². The molecule has 22 heavy (non-hydrogen) atoms. The molecule has 0 saturated carbocycles. The summed E-state index contributed by atoms with van der Waals surface area (Å²) >= 11 is 9.29. The highest BCUT2D eigenvalue weighted by Crippen LogP contribution is 2.27. The summed E-state index contributed by atoms with van der Waals surface area (Å²) in [4.78, 5) is 12.3. The first-order valence-electron chi connectivity index (χ1n) is 7.07. The number of carbonyl (C=O) groups is 1. The smallest absolute Gasteiger partial charge is 0.228 e. The number of amides is 1. The summed E-state index contributed by atoms with van der Waals surface area (Å²) in [6.45, 7) is 2.35. The van der Waals surface area contributed by atoms with Gasteiger partial charge in [0.2, 0.25) is 15.9 Å². The molecule has 1 N–H and O–H groups in total. The molecular formula is C14H18BrClN2O3S. The predicted octanol–water partition coefficient (Wildman–Crippen LogP) is 3.10. The van der Waals surface area contributed by atoms with Gasteiger partial charge in [0.1, 0.15) is 0 Å². The molecule has 0 radical (unpaired) electrons. The monoisotopic (exact) mass is 408 g/mol. The lowest BCUT2D eigenvalue weighted by molar-refractivity contribution is -0.120. The first-order chi connectivity index (χ1) is 10.3. The average Bonchev–Trinajstić information content (AvgIpc) is 2.51. The molecule has 1 heterocycles. The largest absolute Gasteiger partial charge is 0.326 e. The summed E-state index contributed by atoms with van der Waals surface area (Å²) in [6.07, 6.45) is 1.38. The van der Waals surface area contributed by atoms with E-state index in [4.69, 9.17) is 11.6 Å². The van der Waals surface area contributed by atoms with Crippen LogP contribution in [0.4, 0.5) is 5.69 Å². The van der Waals surface area contributed by atoms with Crippen LogP contribution in [0.25, 0.3) is 0 Å². The molecule has 2 rings (SSSR count). The van der Waals surface area contributed by atoms with E-state index in [1.165, 1.54) is 4.31 Å². The zero-order valence-electron chi connectivity index (χ0n) is 12.2. The molecule has 5 nitrogen and oxygen atoms in total. The van der Waals surface area contributed by atoms with Gasteiger partial charge in [0.15, 0.2) is 0 Å². The van der Waals surface area contributed by atoms with Crippen molar-refractivity contribution in [1.29, 1.82) is 0 Å². The molecule has 1 aliphatic heterocycles. The first-order valence-corrected chi connectivity index (χ1v) is 9.85. The number of anilines is 1. The Hall–Kier alpha value is -0.630. The number of hydrogen-bond donors (Lipinski definition) is 1. The lowest BCUT2D eigenvalue weighted by Gasteiger charge is -2.30. The first kappa shape index (κ1) is 17.7. The lowest BCUT2D eigenvalue weighted by atomic mass is 9.99. The van der Waals surface area contributed by atoms with Crippen LogP contribution in [0.3, 0.4) is 0 Å². The van der Waals surface area contributed by atoms with Gasteiger partial charge >= 0.3 is 0 Å². The average molecular weight is 410 g/mol. The Kier molecular flexibility index (Phi) is 5.87. The zero-order chi connectivity index (χ0) is 16.3. The Morgan fingerprint density at radius 1 is 1.50 bits per heavy atom. The van der Waals surface area contributed by atoms with Crippen LogP contribution < -0.4 is 5.32 Å². The maximum absolute atomic E-state index is 12.3. The molecular weight excluding hydrogens is 392 g/mol. The van der Waals surface area contributed by atoms with Crippen molar-refractivity contribution in [1.82, 2.24) is 4.31 Å². The minimum Gasteiger partial charge on any atom is -0.326 e. The van der Waals surface area contributed by atoms with E-state index in [1.54, 1.807) is 25.1 Å². The summed E-state index contributed by atoms with van der Waals surface area (Å²) in [7, 11) is -3.25. The van der Waals surface area contributed by atoms with Crippen LogP contribution >= 0.6 is 27.5 Å². The summed E-state index contributed by atoms with van der Waals surface area (Å²) < 4.78 is 26.0. The summed E-state index contributed by atoms with van der Waals surface area (Å²) in [6, 6.07) is 5.16. The lowest BCUT2D eigenvalue weighted by Crippen LogP contribution is -2.44. The van der Waals surface area contributed by atoms with Gasteiger partial charge in [0, 0.05) is 23.2 Å². The number of benzene rings is 1. The van der Waals surface area contributed by atoms with Gasteiger partial charge in [-0.05, 0) is 53.9 Å². The highest BCUT2D eigenvalue weighted by Gasteiger charge is 2.31. The van der Waals surface area contributed by atoms with Crippen LogP contribution in [0.5, 0.6) is 0 Å². The number of nitrogens with zero attached hydrogens (tertiary/aromatic N) is 1. The molecule has 1 fully saturated rings. The molecule has 0 aromatic heterocycles. The van der Waals surface area contributed by atoms with E-state index in [2.05, 4.69) is 21.2 Å². The molecule has 1 saturated heterocycles. The van der Waals surface area contributed by atoms with E-state index >= 15 is 0 Å². The van der Waals surface area contributed by atoms with Gasteiger partial charge < -0.3 is 5.32 Å². The predicted molar refractivity (Wildman–Crippen MR) is 91.5 cm³/mol. The third-order valence-electron chi connectivity index (χ3n) is 3.70. The number of halogens is 2. The third-order valence-corrected chi connectivity index (χ3v) is 6.78. The molecule has 8 heteroatoms. The number of rotatable bonds is 4.